The molecule has 0 aliphatic heterocycles. The molecule has 0 unspecified atom stereocenters. The van der Waals surface area contributed by atoms with Crippen molar-refractivity contribution in [1.82, 2.24) is 0 Å². The standard InChI is InChI=1S/C13H14ClNO5/c1-15(9-6-4-8(14)5-7-9)11(16)10(12(17)19-2)13(18)20-3/h4-7,10H,1-3H3. The number of halogens is 1. The van der Waals surface area contributed by atoms with Gasteiger partial charge >= 0.3 is 11.9 Å². The summed E-state index contributed by atoms with van der Waals surface area (Å²) in [4.78, 5) is 36.5. The largest absolute Gasteiger partial charge is 0.468 e. The van der Waals surface area contributed by atoms with Crippen molar-refractivity contribution in [3.63, 3.8) is 0 Å². The van der Waals surface area contributed by atoms with Gasteiger partial charge in [0.05, 0.1) is 14.2 Å². The van der Waals surface area contributed by atoms with Crippen LogP contribution in [0, 0.1) is 5.92 Å². The molecule has 20 heavy (non-hydrogen) atoms. The highest BCUT2D eigenvalue weighted by Gasteiger charge is 2.38. The van der Waals surface area contributed by atoms with Crippen LogP contribution >= 0.6 is 11.6 Å². The molecule has 0 saturated heterocycles. The first-order valence-electron chi connectivity index (χ1n) is 5.61. The van der Waals surface area contributed by atoms with Crippen LogP contribution in [-0.4, -0.2) is 39.1 Å². The average Bonchev–Trinajstić information content (AvgIpc) is 2.46. The quantitative estimate of drug-likeness (QED) is 0.618. The van der Waals surface area contributed by atoms with Gasteiger partial charge in [-0.15, -0.1) is 0 Å². The topological polar surface area (TPSA) is 72.9 Å². The molecule has 7 heteroatoms. The molecule has 0 N–H and O–H groups in total. The summed E-state index contributed by atoms with van der Waals surface area (Å²) in [7, 11) is 3.62. The van der Waals surface area contributed by atoms with E-state index < -0.39 is 23.8 Å². The molecule has 0 radical (unpaired) electrons. The maximum atomic E-state index is 12.2. The molecule has 108 valence electrons. The highest BCUT2D eigenvalue weighted by atomic mass is 35.5. The number of amides is 1. The monoisotopic (exact) mass is 299 g/mol. The van der Waals surface area contributed by atoms with Crippen molar-refractivity contribution in [2.75, 3.05) is 26.2 Å². The molecule has 1 aromatic carbocycles. The van der Waals surface area contributed by atoms with Crippen LogP contribution in [0.1, 0.15) is 0 Å². The molecule has 6 nitrogen and oxygen atoms in total. The van der Waals surface area contributed by atoms with E-state index in [0.29, 0.717) is 10.7 Å². The summed E-state index contributed by atoms with van der Waals surface area (Å²) in [5.41, 5.74) is 0.484. The van der Waals surface area contributed by atoms with Gasteiger partial charge in [-0.3, -0.25) is 14.4 Å². The predicted octanol–water partition coefficient (Wildman–Crippen LogP) is 1.26. The van der Waals surface area contributed by atoms with E-state index >= 15 is 0 Å². The fourth-order valence-corrected chi connectivity index (χ4v) is 1.65. The van der Waals surface area contributed by atoms with E-state index in [9.17, 15) is 14.4 Å². The Morgan fingerprint density at radius 1 is 1.05 bits per heavy atom. The molecule has 0 atom stereocenters. The lowest BCUT2D eigenvalue weighted by Crippen LogP contribution is -2.42. The molecular formula is C13H14ClNO5. The van der Waals surface area contributed by atoms with Crippen molar-refractivity contribution in [2.45, 2.75) is 0 Å². The van der Waals surface area contributed by atoms with Crippen LogP contribution in [0.25, 0.3) is 0 Å². The van der Waals surface area contributed by atoms with Crippen molar-refractivity contribution >= 4 is 35.1 Å². The second kappa shape index (κ2) is 6.91. The zero-order valence-corrected chi connectivity index (χ0v) is 12.0. The van der Waals surface area contributed by atoms with Crippen LogP contribution in [0.15, 0.2) is 24.3 Å². The molecule has 0 spiro atoms. The molecule has 0 aliphatic carbocycles. The number of hydrogen-bond donors (Lipinski definition) is 0. The van der Waals surface area contributed by atoms with E-state index in [1.165, 1.54) is 7.05 Å². The molecule has 1 aromatic rings. The molecule has 0 aromatic heterocycles. The average molecular weight is 300 g/mol. The summed E-state index contributed by atoms with van der Waals surface area (Å²) >= 11 is 5.75. The second-order valence-electron chi connectivity index (χ2n) is 3.85. The number of benzene rings is 1. The van der Waals surface area contributed by atoms with E-state index in [1.54, 1.807) is 24.3 Å². The minimum Gasteiger partial charge on any atom is -0.468 e. The van der Waals surface area contributed by atoms with Gasteiger partial charge in [-0.1, -0.05) is 11.6 Å². The minimum atomic E-state index is -1.65. The van der Waals surface area contributed by atoms with Crippen LogP contribution in [0.2, 0.25) is 5.02 Å². The van der Waals surface area contributed by atoms with Crippen molar-refractivity contribution in [3.8, 4) is 0 Å². The Morgan fingerprint density at radius 3 is 1.90 bits per heavy atom. The number of ether oxygens (including phenoxy) is 2. The van der Waals surface area contributed by atoms with Crippen LogP contribution in [0.3, 0.4) is 0 Å². The second-order valence-corrected chi connectivity index (χ2v) is 4.29. The van der Waals surface area contributed by atoms with Gasteiger partial charge in [0.1, 0.15) is 0 Å². The van der Waals surface area contributed by atoms with E-state index in [1.807, 2.05) is 0 Å². The van der Waals surface area contributed by atoms with Gasteiger partial charge < -0.3 is 14.4 Å². The molecule has 1 rings (SSSR count). The summed E-state index contributed by atoms with van der Waals surface area (Å²) in [6.45, 7) is 0. The van der Waals surface area contributed by atoms with Gasteiger partial charge in [0, 0.05) is 17.8 Å². The Hall–Kier alpha value is -2.08. The maximum Gasteiger partial charge on any atom is 0.329 e. The molecular weight excluding hydrogens is 286 g/mol. The van der Waals surface area contributed by atoms with Crippen molar-refractivity contribution < 1.29 is 23.9 Å². The number of esters is 2. The minimum absolute atomic E-state index is 0.484. The lowest BCUT2D eigenvalue weighted by molar-refractivity contribution is -0.161. The number of carbonyl (C=O) groups excluding carboxylic acids is 3. The Bertz CT molecular complexity index is 498. The summed E-state index contributed by atoms with van der Waals surface area (Å²) in [6, 6.07) is 6.36. The first-order chi connectivity index (χ1) is 9.42. The predicted molar refractivity (Wildman–Crippen MR) is 72.4 cm³/mol. The SMILES string of the molecule is COC(=O)C(C(=O)OC)C(=O)N(C)c1ccc(Cl)cc1. The van der Waals surface area contributed by atoms with Crippen molar-refractivity contribution in [2.24, 2.45) is 5.92 Å². The number of carbonyl (C=O) groups is 3. The number of nitrogens with zero attached hydrogens (tertiary/aromatic N) is 1. The molecule has 0 saturated carbocycles. The van der Waals surface area contributed by atoms with Crippen molar-refractivity contribution in [3.05, 3.63) is 29.3 Å². The fraction of sp³-hybridized carbons (Fsp3) is 0.308. The molecule has 1 amide bonds. The smallest absolute Gasteiger partial charge is 0.329 e. The third-order valence-corrected chi connectivity index (χ3v) is 2.92. The Labute approximate surface area is 121 Å². The molecule has 0 bridgehead atoms. The van der Waals surface area contributed by atoms with Gasteiger partial charge in [0.15, 0.2) is 0 Å². The highest BCUT2D eigenvalue weighted by molar-refractivity contribution is 6.30. The van der Waals surface area contributed by atoms with Crippen LogP contribution in [0.5, 0.6) is 0 Å². The van der Waals surface area contributed by atoms with Crippen LogP contribution < -0.4 is 4.90 Å². The first kappa shape index (κ1) is 16.0. The normalized spacial score (nSPS) is 10.1. The third kappa shape index (κ3) is 3.48. The zero-order chi connectivity index (χ0) is 15.3. The van der Waals surface area contributed by atoms with Crippen LogP contribution in [0.4, 0.5) is 5.69 Å². The zero-order valence-electron chi connectivity index (χ0n) is 11.3. The first-order valence-corrected chi connectivity index (χ1v) is 5.99. The molecule has 0 fully saturated rings. The van der Waals surface area contributed by atoms with E-state index in [4.69, 9.17) is 11.6 Å². The Kier molecular flexibility index (Phi) is 5.52. The summed E-state index contributed by atoms with van der Waals surface area (Å²) < 4.78 is 8.91. The molecule has 0 aliphatic rings. The van der Waals surface area contributed by atoms with Gasteiger partial charge in [-0.2, -0.15) is 0 Å². The number of hydrogen-bond acceptors (Lipinski definition) is 5. The van der Waals surface area contributed by atoms with E-state index in [-0.39, 0.29) is 0 Å². The van der Waals surface area contributed by atoms with Crippen LogP contribution in [-0.2, 0) is 23.9 Å². The number of anilines is 1. The lowest BCUT2D eigenvalue weighted by atomic mass is 10.1. The summed E-state index contributed by atoms with van der Waals surface area (Å²) in [5, 5.41) is 0.507. The van der Waals surface area contributed by atoms with Gasteiger partial charge in [-0.25, -0.2) is 0 Å². The Balaban J connectivity index is 3.02. The number of methoxy groups -OCH3 is 2. The molecule has 0 heterocycles. The maximum absolute atomic E-state index is 12.2. The fourth-order valence-electron chi connectivity index (χ4n) is 1.52. The van der Waals surface area contributed by atoms with Gasteiger partial charge in [0.25, 0.3) is 5.91 Å². The Morgan fingerprint density at radius 2 is 1.50 bits per heavy atom. The van der Waals surface area contributed by atoms with E-state index in [0.717, 1.165) is 19.1 Å². The summed E-state index contributed by atoms with van der Waals surface area (Å²) in [6.07, 6.45) is 0. The lowest BCUT2D eigenvalue weighted by Gasteiger charge is -2.21. The highest BCUT2D eigenvalue weighted by Crippen LogP contribution is 2.19. The van der Waals surface area contributed by atoms with Gasteiger partial charge in [-0.05, 0) is 24.3 Å². The summed E-state index contributed by atoms with van der Waals surface area (Å²) in [5.74, 6) is -4.33. The number of rotatable bonds is 4. The van der Waals surface area contributed by atoms with Gasteiger partial charge in [0.2, 0.25) is 5.92 Å². The third-order valence-electron chi connectivity index (χ3n) is 2.67. The van der Waals surface area contributed by atoms with E-state index in [2.05, 4.69) is 9.47 Å². The van der Waals surface area contributed by atoms with Crippen molar-refractivity contribution in [1.29, 1.82) is 0 Å².